The second-order valence-corrected chi connectivity index (χ2v) is 6.13. The lowest BCUT2D eigenvalue weighted by Crippen LogP contribution is -2.47. The summed E-state index contributed by atoms with van der Waals surface area (Å²) in [5.74, 6) is -2.25. The van der Waals surface area contributed by atoms with Crippen molar-refractivity contribution in [3.05, 3.63) is 35.4 Å². The summed E-state index contributed by atoms with van der Waals surface area (Å²) in [6.45, 7) is 5.39. The molecule has 24 heavy (non-hydrogen) atoms. The summed E-state index contributed by atoms with van der Waals surface area (Å²) >= 11 is 0. The van der Waals surface area contributed by atoms with Gasteiger partial charge in [0.2, 0.25) is 5.91 Å². The van der Waals surface area contributed by atoms with Gasteiger partial charge < -0.3 is 10.6 Å². The molecule has 6 heteroatoms. The first-order chi connectivity index (χ1) is 11.5. The van der Waals surface area contributed by atoms with Gasteiger partial charge in [-0.25, -0.2) is 0 Å². The zero-order valence-corrected chi connectivity index (χ0v) is 14.2. The number of imide groups is 1. The number of hydrogen-bond donors (Lipinski definition) is 3. The predicted molar refractivity (Wildman–Crippen MR) is 91.1 cm³/mol. The molecule has 1 atom stereocenters. The number of hydrogen-bond acceptors (Lipinski definition) is 4. The van der Waals surface area contributed by atoms with Gasteiger partial charge in [-0.3, -0.25) is 19.7 Å². The van der Waals surface area contributed by atoms with Gasteiger partial charge in [0.1, 0.15) is 0 Å². The highest BCUT2D eigenvalue weighted by molar-refractivity contribution is 6.37. The molecule has 130 valence electrons. The molecule has 1 aliphatic rings. The van der Waals surface area contributed by atoms with E-state index in [1.165, 1.54) is 5.56 Å². The van der Waals surface area contributed by atoms with Gasteiger partial charge in [-0.2, -0.15) is 0 Å². The van der Waals surface area contributed by atoms with Gasteiger partial charge in [-0.1, -0.05) is 31.2 Å². The Morgan fingerprint density at radius 3 is 2.33 bits per heavy atom. The highest BCUT2D eigenvalue weighted by atomic mass is 16.2. The summed E-state index contributed by atoms with van der Waals surface area (Å²) in [7, 11) is 0. The molecule has 1 heterocycles. The minimum atomic E-state index is -0.893. The normalized spacial score (nSPS) is 16.2. The first-order valence-electron chi connectivity index (χ1n) is 8.46. The Labute approximate surface area is 142 Å². The molecule has 1 aromatic carbocycles. The Kier molecular flexibility index (Phi) is 6.49. The summed E-state index contributed by atoms with van der Waals surface area (Å²) < 4.78 is 0. The van der Waals surface area contributed by atoms with Crippen molar-refractivity contribution in [2.24, 2.45) is 5.92 Å². The third kappa shape index (κ3) is 4.89. The molecule has 0 bridgehead atoms. The lowest BCUT2D eigenvalue weighted by atomic mass is 9.97. The fourth-order valence-corrected chi connectivity index (χ4v) is 2.74. The Hall–Kier alpha value is -2.21. The van der Waals surface area contributed by atoms with Gasteiger partial charge >= 0.3 is 11.8 Å². The number of benzene rings is 1. The van der Waals surface area contributed by atoms with Gasteiger partial charge in [-0.05, 0) is 50.4 Å². The van der Waals surface area contributed by atoms with Crippen molar-refractivity contribution in [2.75, 3.05) is 13.1 Å². The lowest BCUT2D eigenvalue weighted by Gasteiger charge is -2.21. The van der Waals surface area contributed by atoms with Gasteiger partial charge in [0, 0.05) is 5.92 Å². The number of carbonyl (C=O) groups is 3. The monoisotopic (exact) mass is 331 g/mol. The summed E-state index contributed by atoms with van der Waals surface area (Å²) in [6, 6.07) is 7.56. The molecule has 6 nitrogen and oxygen atoms in total. The van der Waals surface area contributed by atoms with E-state index in [4.69, 9.17) is 0 Å². The molecule has 1 aliphatic heterocycles. The van der Waals surface area contributed by atoms with E-state index in [1.54, 1.807) is 6.92 Å². The van der Waals surface area contributed by atoms with Crippen LogP contribution < -0.4 is 16.0 Å². The SMILES string of the molecule is CCc1ccc(C(C)NC(=O)C(=O)NC(=O)C2CCNCC2)cc1. The number of carbonyl (C=O) groups excluding carboxylic acids is 3. The summed E-state index contributed by atoms with van der Waals surface area (Å²) in [4.78, 5) is 35.9. The van der Waals surface area contributed by atoms with Crippen LogP contribution in [0, 0.1) is 5.92 Å². The van der Waals surface area contributed by atoms with Crippen LogP contribution in [0.25, 0.3) is 0 Å². The van der Waals surface area contributed by atoms with Crippen LogP contribution >= 0.6 is 0 Å². The molecular weight excluding hydrogens is 306 g/mol. The van der Waals surface area contributed by atoms with E-state index < -0.39 is 11.8 Å². The first kappa shape index (κ1) is 18.1. The third-order valence-electron chi connectivity index (χ3n) is 4.39. The molecule has 1 saturated heterocycles. The molecule has 2 rings (SSSR count). The molecular formula is C18H25N3O3. The molecule has 0 radical (unpaired) electrons. The van der Waals surface area contributed by atoms with Crippen LogP contribution in [-0.4, -0.2) is 30.8 Å². The molecule has 3 N–H and O–H groups in total. The van der Waals surface area contributed by atoms with E-state index in [0.29, 0.717) is 12.8 Å². The summed E-state index contributed by atoms with van der Waals surface area (Å²) in [5, 5.41) is 7.99. The number of amides is 3. The van der Waals surface area contributed by atoms with Crippen molar-refractivity contribution >= 4 is 17.7 Å². The average molecular weight is 331 g/mol. The van der Waals surface area contributed by atoms with Gasteiger partial charge in [0.05, 0.1) is 6.04 Å². The topological polar surface area (TPSA) is 87.3 Å². The molecule has 0 aromatic heterocycles. The van der Waals surface area contributed by atoms with Crippen LogP contribution in [0.5, 0.6) is 0 Å². The van der Waals surface area contributed by atoms with Crippen LogP contribution in [0.4, 0.5) is 0 Å². The van der Waals surface area contributed by atoms with Crippen molar-refractivity contribution in [1.82, 2.24) is 16.0 Å². The molecule has 3 amide bonds. The zero-order valence-electron chi connectivity index (χ0n) is 14.2. The minimum Gasteiger partial charge on any atom is -0.341 e. The van der Waals surface area contributed by atoms with Crippen molar-refractivity contribution in [3.63, 3.8) is 0 Å². The van der Waals surface area contributed by atoms with E-state index in [9.17, 15) is 14.4 Å². The van der Waals surface area contributed by atoms with Crippen LogP contribution in [-0.2, 0) is 20.8 Å². The van der Waals surface area contributed by atoms with Gasteiger partial charge in [-0.15, -0.1) is 0 Å². The number of aryl methyl sites for hydroxylation is 1. The number of piperidine rings is 1. The van der Waals surface area contributed by atoms with E-state index in [2.05, 4.69) is 22.9 Å². The fourth-order valence-electron chi connectivity index (χ4n) is 2.74. The zero-order chi connectivity index (χ0) is 17.5. The predicted octanol–water partition coefficient (Wildman–Crippen LogP) is 1.07. The molecule has 0 saturated carbocycles. The molecule has 0 spiro atoms. The van der Waals surface area contributed by atoms with Crippen molar-refractivity contribution < 1.29 is 14.4 Å². The van der Waals surface area contributed by atoms with Gasteiger partial charge in [0.15, 0.2) is 0 Å². The van der Waals surface area contributed by atoms with Gasteiger partial charge in [0.25, 0.3) is 0 Å². The second-order valence-electron chi connectivity index (χ2n) is 6.13. The van der Waals surface area contributed by atoms with Crippen LogP contribution in [0.1, 0.15) is 43.9 Å². The smallest absolute Gasteiger partial charge is 0.315 e. The Morgan fingerprint density at radius 1 is 1.12 bits per heavy atom. The average Bonchev–Trinajstić information content (AvgIpc) is 2.62. The van der Waals surface area contributed by atoms with Crippen molar-refractivity contribution in [1.29, 1.82) is 0 Å². The Bertz CT molecular complexity index is 592. The molecule has 1 fully saturated rings. The molecule has 1 unspecified atom stereocenters. The third-order valence-corrected chi connectivity index (χ3v) is 4.39. The summed E-state index contributed by atoms with van der Waals surface area (Å²) in [5.41, 5.74) is 2.13. The van der Waals surface area contributed by atoms with E-state index in [0.717, 1.165) is 25.1 Å². The second kappa shape index (κ2) is 8.59. The highest BCUT2D eigenvalue weighted by Crippen LogP contribution is 2.14. The van der Waals surface area contributed by atoms with E-state index in [-0.39, 0.29) is 17.9 Å². The highest BCUT2D eigenvalue weighted by Gasteiger charge is 2.25. The van der Waals surface area contributed by atoms with Crippen molar-refractivity contribution in [2.45, 2.75) is 39.2 Å². The number of rotatable bonds is 4. The maximum atomic E-state index is 12.0. The maximum Gasteiger partial charge on any atom is 0.315 e. The van der Waals surface area contributed by atoms with Crippen LogP contribution in [0.2, 0.25) is 0 Å². The quantitative estimate of drug-likeness (QED) is 0.720. The van der Waals surface area contributed by atoms with Crippen LogP contribution in [0.15, 0.2) is 24.3 Å². The van der Waals surface area contributed by atoms with Crippen LogP contribution in [0.3, 0.4) is 0 Å². The minimum absolute atomic E-state index is 0.206. The molecule has 0 aliphatic carbocycles. The standard InChI is InChI=1S/C18H25N3O3/c1-3-13-4-6-14(7-5-13)12(2)20-17(23)18(24)21-16(22)15-8-10-19-11-9-15/h4-7,12,15,19H,3,8-11H2,1-2H3,(H,20,23)(H,21,22,24). The van der Waals surface area contributed by atoms with Crippen molar-refractivity contribution in [3.8, 4) is 0 Å². The van der Waals surface area contributed by atoms with E-state index >= 15 is 0 Å². The largest absolute Gasteiger partial charge is 0.341 e. The fraction of sp³-hybridized carbons (Fsp3) is 0.500. The summed E-state index contributed by atoms with van der Waals surface area (Å²) in [6.07, 6.45) is 2.31. The first-order valence-corrected chi connectivity index (χ1v) is 8.46. The molecule has 1 aromatic rings. The number of nitrogens with one attached hydrogen (secondary N) is 3. The lowest BCUT2D eigenvalue weighted by molar-refractivity contribution is -0.143. The van der Waals surface area contributed by atoms with E-state index in [1.807, 2.05) is 24.3 Å². The maximum absolute atomic E-state index is 12.0. The Balaban J connectivity index is 1.85. The Morgan fingerprint density at radius 2 is 1.75 bits per heavy atom.